The smallest absolute Gasteiger partial charge is 0.317 e. The molecule has 0 aromatic carbocycles. The predicted octanol–water partition coefficient (Wildman–Crippen LogP) is 0.610. The molecule has 1 fully saturated rings. The number of nitrogens with one attached hydrogen (secondary N) is 2. The van der Waals surface area contributed by atoms with Gasteiger partial charge in [0.05, 0.1) is 5.60 Å². The van der Waals surface area contributed by atoms with Crippen molar-refractivity contribution in [2.24, 2.45) is 0 Å². The van der Waals surface area contributed by atoms with Crippen LogP contribution in [0.1, 0.15) is 43.4 Å². The zero-order valence-electron chi connectivity index (χ0n) is 15.7. The van der Waals surface area contributed by atoms with Crippen LogP contribution in [-0.2, 0) is 12.8 Å². The summed E-state index contributed by atoms with van der Waals surface area (Å²) in [5.74, 6) is 0.997. The highest BCUT2D eigenvalue weighted by atomic mass is 16.5. The molecular formula is C19H30N4O4. The first-order chi connectivity index (χ1) is 13.0. The minimum absolute atomic E-state index is 0.0783. The summed E-state index contributed by atoms with van der Waals surface area (Å²) in [4.78, 5) is 18.6. The van der Waals surface area contributed by atoms with E-state index in [0.717, 1.165) is 43.7 Å². The maximum absolute atomic E-state index is 12.2. The van der Waals surface area contributed by atoms with Crippen molar-refractivity contribution < 1.29 is 20.1 Å². The highest BCUT2D eigenvalue weighted by molar-refractivity contribution is 5.74. The highest BCUT2D eigenvalue weighted by Gasteiger charge is 2.35. The Balaban J connectivity index is 1.37. The van der Waals surface area contributed by atoms with Crippen molar-refractivity contribution >= 4 is 11.8 Å². The van der Waals surface area contributed by atoms with Crippen molar-refractivity contribution in [2.75, 3.05) is 31.5 Å². The number of pyridine rings is 1. The van der Waals surface area contributed by atoms with Crippen molar-refractivity contribution in [3.63, 3.8) is 0 Å². The number of hydrogen-bond acceptors (Lipinski definition) is 6. The third kappa shape index (κ3) is 5.54. The maximum atomic E-state index is 12.2. The van der Waals surface area contributed by atoms with Crippen molar-refractivity contribution in [1.82, 2.24) is 15.2 Å². The van der Waals surface area contributed by atoms with Gasteiger partial charge in [-0.2, -0.15) is 0 Å². The number of carbonyl (C=O) groups excluding carboxylic acids is 1. The number of likely N-dealkylation sites (tertiary alicyclic amines) is 1. The number of urea groups is 1. The van der Waals surface area contributed by atoms with E-state index in [9.17, 15) is 9.90 Å². The van der Waals surface area contributed by atoms with Gasteiger partial charge in [0.2, 0.25) is 0 Å². The van der Waals surface area contributed by atoms with Crippen LogP contribution in [0, 0.1) is 0 Å². The Morgan fingerprint density at radius 3 is 2.85 bits per heavy atom. The second kappa shape index (κ2) is 8.86. The molecule has 8 nitrogen and oxygen atoms in total. The normalized spacial score (nSPS) is 18.7. The van der Waals surface area contributed by atoms with Gasteiger partial charge in [0.1, 0.15) is 5.82 Å². The highest BCUT2D eigenvalue weighted by Crippen LogP contribution is 2.26. The molecule has 1 aromatic rings. The molecule has 2 aliphatic heterocycles. The molecule has 27 heavy (non-hydrogen) atoms. The molecule has 0 spiro atoms. The lowest BCUT2D eigenvalue weighted by molar-refractivity contribution is -0.117. The van der Waals surface area contributed by atoms with Crippen molar-refractivity contribution in [3.05, 3.63) is 23.4 Å². The molecule has 1 saturated heterocycles. The van der Waals surface area contributed by atoms with E-state index in [0.29, 0.717) is 32.5 Å². The van der Waals surface area contributed by atoms with Gasteiger partial charge in [-0.25, -0.2) is 9.78 Å². The van der Waals surface area contributed by atoms with Gasteiger partial charge in [0.15, 0.2) is 6.29 Å². The van der Waals surface area contributed by atoms with E-state index in [4.69, 9.17) is 10.2 Å². The number of carbonyl (C=O) groups is 1. The minimum atomic E-state index is -1.53. The molecule has 0 atom stereocenters. The van der Waals surface area contributed by atoms with Crippen LogP contribution in [0.3, 0.4) is 0 Å². The number of aliphatic hydroxyl groups is 3. The Morgan fingerprint density at radius 2 is 2.11 bits per heavy atom. The molecule has 5 N–H and O–H groups in total. The monoisotopic (exact) mass is 378 g/mol. The van der Waals surface area contributed by atoms with Crippen LogP contribution in [0.15, 0.2) is 12.1 Å². The number of fused-ring (bicyclic) bond motifs is 1. The number of anilines is 1. The van der Waals surface area contributed by atoms with E-state index in [-0.39, 0.29) is 12.5 Å². The lowest BCUT2D eigenvalue weighted by Gasteiger charge is -2.38. The quantitative estimate of drug-likeness (QED) is 0.366. The maximum Gasteiger partial charge on any atom is 0.317 e. The topological polar surface area (TPSA) is 118 Å². The number of rotatable bonds is 6. The molecule has 0 bridgehead atoms. The van der Waals surface area contributed by atoms with E-state index < -0.39 is 11.9 Å². The second-order valence-electron chi connectivity index (χ2n) is 7.57. The van der Waals surface area contributed by atoms with E-state index >= 15 is 0 Å². The van der Waals surface area contributed by atoms with Crippen molar-refractivity contribution in [2.45, 2.75) is 56.8 Å². The molecule has 1 aromatic heterocycles. The Morgan fingerprint density at radius 1 is 1.33 bits per heavy atom. The largest absolute Gasteiger partial charge is 0.390 e. The summed E-state index contributed by atoms with van der Waals surface area (Å²) >= 11 is 0. The Bertz CT molecular complexity index is 645. The zero-order valence-corrected chi connectivity index (χ0v) is 15.7. The zero-order chi connectivity index (χ0) is 19.3. The van der Waals surface area contributed by atoms with Gasteiger partial charge in [0.25, 0.3) is 0 Å². The van der Waals surface area contributed by atoms with Gasteiger partial charge in [-0.05, 0) is 50.2 Å². The lowest BCUT2D eigenvalue weighted by atomic mass is 9.88. The molecular weight excluding hydrogens is 348 g/mol. The summed E-state index contributed by atoms with van der Waals surface area (Å²) in [5, 5.41) is 34.6. The first-order valence-corrected chi connectivity index (χ1v) is 9.79. The fourth-order valence-corrected chi connectivity index (χ4v) is 3.75. The summed E-state index contributed by atoms with van der Waals surface area (Å²) in [6.45, 7) is 2.36. The Labute approximate surface area is 159 Å². The number of piperidine rings is 1. The SMILES string of the molecule is O=C(NCCCc1ccc2c(n1)NCCC2)N1CCC(O)(CC(O)O)CC1. The van der Waals surface area contributed by atoms with E-state index in [2.05, 4.69) is 27.8 Å². The van der Waals surface area contributed by atoms with Crippen LogP contribution in [-0.4, -0.2) is 69.3 Å². The lowest BCUT2D eigenvalue weighted by Crippen LogP contribution is -2.50. The summed E-state index contributed by atoms with van der Waals surface area (Å²) in [6.07, 6.45) is 2.94. The Kier molecular flexibility index (Phi) is 6.51. The van der Waals surface area contributed by atoms with Crippen LogP contribution in [0.5, 0.6) is 0 Å². The molecule has 0 radical (unpaired) electrons. The second-order valence-corrected chi connectivity index (χ2v) is 7.57. The summed E-state index contributed by atoms with van der Waals surface area (Å²) in [6, 6.07) is 4.07. The Hall–Kier alpha value is -1.90. The summed E-state index contributed by atoms with van der Waals surface area (Å²) < 4.78 is 0. The van der Waals surface area contributed by atoms with E-state index in [1.54, 1.807) is 4.90 Å². The molecule has 0 unspecified atom stereocenters. The van der Waals surface area contributed by atoms with Gasteiger partial charge < -0.3 is 30.9 Å². The van der Waals surface area contributed by atoms with Crippen LogP contribution in [0.25, 0.3) is 0 Å². The fraction of sp³-hybridized carbons (Fsp3) is 0.684. The minimum Gasteiger partial charge on any atom is -0.390 e. The van der Waals surface area contributed by atoms with Crippen LogP contribution in [0.4, 0.5) is 10.6 Å². The molecule has 0 aliphatic carbocycles. The number of aryl methyl sites for hydroxylation is 2. The third-order valence-corrected chi connectivity index (χ3v) is 5.38. The van der Waals surface area contributed by atoms with E-state index in [1.165, 1.54) is 5.56 Å². The number of hydrogen-bond donors (Lipinski definition) is 5. The molecule has 8 heteroatoms. The van der Waals surface area contributed by atoms with Gasteiger partial charge in [-0.3, -0.25) is 0 Å². The molecule has 2 amide bonds. The fourth-order valence-electron chi connectivity index (χ4n) is 3.75. The number of aliphatic hydroxyl groups excluding tert-OH is 1. The average molecular weight is 378 g/mol. The average Bonchev–Trinajstić information content (AvgIpc) is 2.64. The van der Waals surface area contributed by atoms with Gasteiger partial charge >= 0.3 is 6.03 Å². The molecule has 3 rings (SSSR count). The molecule has 150 valence electrons. The first-order valence-electron chi connectivity index (χ1n) is 9.79. The summed E-state index contributed by atoms with van der Waals surface area (Å²) in [5.41, 5.74) is 1.21. The van der Waals surface area contributed by atoms with Crippen molar-refractivity contribution in [1.29, 1.82) is 0 Å². The number of amides is 2. The van der Waals surface area contributed by atoms with Crippen LogP contribution >= 0.6 is 0 Å². The standard InChI is InChI=1S/C19H30N4O4/c24-16(25)13-19(27)7-11-23(12-8-19)18(26)21-10-2-4-15-6-5-14-3-1-9-20-17(14)22-15/h5-6,16,24-25,27H,1-4,7-13H2,(H,20,22)(H,21,26). The van der Waals surface area contributed by atoms with Gasteiger partial charge in [-0.15, -0.1) is 0 Å². The predicted molar refractivity (Wildman–Crippen MR) is 101 cm³/mol. The number of aromatic nitrogens is 1. The summed E-state index contributed by atoms with van der Waals surface area (Å²) in [7, 11) is 0. The van der Waals surface area contributed by atoms with E-state index in [1.807, 2.05) is 0 Å². The molecule has 0 saturated carbocycles. The third-order valence-electron chi connectivity index (χ3n) is 5.38. The molecule has 3 heterocycles. The first kappa shape index (κ1) is 19.9. The van der Waals surface area contributed by atoms with Crippen LogP contribution < -0.4 is 10.6 Å². The van der Waals surface area contributed by atoms with Gasteiger partial charge in [-0.1, -0.05) is 6.07 Å². The molecule has 2 aliphatic rings. The number of nitrogens with zero attached hydrogens (tertiary/aromatic N) is 2. The van der Waals surface area contributed by atoms with Crippen LogP contribution in [0.2, 0.25) is 0 Å². The van der Waals surface area contributed by atoms with Crippen molar-refractivity contribution in [3.8, 4) is 0 Å². The van der Waals surface area contributed by atoms with Gasteiger partial charge in [0, 0.05) is 38.3 Å².